The van der Waals surface area contributed by atoms with Crippen LogP contribution in [0.2, 0.25) is 0 Å². The Morgan fingerprint density at radius 3 is 2.68 bits per heavy atom. The van der Waals surface area contributed by atoms with E-state index in [0.717, 1.165) is 5.69 Å². The standard InChI is InChI=1S/C13H23N5O3S/c1-14-13(19)11-8-17(10-12-4-5-16(2)15-12)6-7-18(9-11)22(3,20)21/h4-5,11H,6-10H2,1-3H3,(H,14,19)/t11-/m1/s1. The molecule has 124 valence electrons. The third-order valence-corrected chi connectivity index (χ3v) is 5.08. The van der Waals surface area contributed by atoms with Crippen LogP contribution in [-0.4, -0.2) is 72.8 Å². The number of carbonyl (C=O) groups excluding carboxylic acids is 1. The van der Waals surface area contributed by atoms with Crippen molar-refractivity contribution >= 4 is 15.9 Å². The first-order valence-electron chi connectivity index (χ1n) is 7.17. The molecule has 22 heavy (non-hydrogen) atoms. The molecule has 1 atom stereocenters. The number of hydrogen-bond acceptors (Lipinski definition) is 5. The number of nitrogens with one attached hydrogen (secondary N) is 1. The molecule has 1 N–H and O–H groups in total. The van der Waals surface area contributed by atoms with Gasteiger partial charge in [-0.25, -0.2) is 12.7 Å². The van der Waals surface area contributed by atoms with Crippen LogP contribution in [0.15, 0.2) is 12.3 Å². The summed E-state index contributed by atoms with van der Waals surface area (Å²) in [7, 11) is 0.113. The van der Waals surface area contributed by atoms with Crippen molar-refractivity contribution in [3.8, 4) is 0 Å². The van der Waals surface area contributed by atoms with E-state index < -0.39 is 10.0 Å². The highest BCUT2D eigenvalue weighted by atomic mass is 32.2. The Hall–Kier alpha value is -1.45. The Bertz CT molecular complexity index is 627. The monoisotopic (exact) mass is 329 g/mol. The summed E-state index contributed by atoms with van der Waals surface area (Å²) in [5.41, 5.74) is 0.908. The number of amides is 1. The van der Waals surface area contributed by atoms with Crippen LogP contribution in [0, 0.1) is 5.92 Å². The van der Waals surface area contributed by atoms with E-state index in [0.29, 0.717) is 26.2 Å². The van der Waals surface area contributed by atoms with E-state index in [9.17, 15) is 13.2 Å². The van der Waals surface area contributed by atoms with Gasteiger partial charge in [-0.1, -0.05) is 0 Å². The van der Waals surface area contributed by atoms with E-state index in [1.807, 2.05) is 19.3 Å². The van der Waals surface area contributed by atoms with E-state index in [4.69, 9.17) is 0 Å². The van der Waals surface area contributed by atoms with Crippen molar-refractivity contribution in [1.82, 2.24) is 24.3 Å². The summed E-state index contributed by atoms with van der Waals surface area (Å²) < 4.78 is 26.8. The summed E-state index contributed by atoms with van der Waals surface area (Å²) >= 11 is 0. The molecule has 1 aliphatic rings. The molecule has 0 radical (unpaired) electrons. The largest absolute Gasteiger partial charge is 0.359 e. The second-order valence-electron chi connectivity index (χ2n) is 5.65. The van der Waals surface area contributed by atoms with Crippen LogP contribution in [-0.2, 0) is 28.4 Å². The topological polar surface area (TPSA) is 87.5 Å². The lowest BCUT2D eigenvalue weighted by Crippen LogP contribution is -2.41. The van der Waals surface area contributed by atoms with Crippen molar-refractivity contribution in [3.63, 3.8) is 0 Å². The normalized spacial score (nSPS) is 21.5. The van der Waals surface area contributed by atoms with Crippen molar-refractivity contribution < 1.29 is 13.2 Å². The molecule has 1 aromatic heterocycles. The number of rotatable bonds is 4. The van der Waals surface area contributed by atoms with Crippen molar-refractivity contribution in [2.45, 2.75) is 6.54 Å². The van der Waals surface area contributed by atoms with Crippen LogP contribution in [0.1, 0.15) is 5.69 Å². The third kappa shape index (κ3) is 4.28. The molecule has 8 nitrogen and oxygen atoms in total. The first-order valence-corrected chi connectivity index (χ1v) is 9.02. The van der Waals surface area contributed by atoms with Crippen LogP contribution in [0.3, 0.4) is 0 Å². The Morgan fingerprint density at radius 2 is 2.14 bits per heavy atom. The molecule has 1 amide bonds. The second kappa shape index (κ2) is 6.76. The summed E-state index contributed by atoms with van der Waals surface area (Å²) in [5.74, 6) is -0.521. The molecule has 9 heteroatoms. The number of sulfonamides is 1. The maximum atomic E-state index is 12.0. The highest BCUT2D eigenvalue weighted by Crippen LogP contribution is 2.14. The van der Waals surface area contributed by atoms with E-state index in [1.54, 1.807) is 11.7 Å². The molecule has 0 saturated carbocycles. The second-order valence-corrected chi connectivity index (χ2v) is 7.63. The van der Waals surface area contributed by atoms with Gasteiger partial charge in [0.15, 0.2) is 0 Å². The highest BCUT2D eigenvalue weighted by molar-refractivity contribution is 7.88. The fraction of sp³-hybridized carbons (Fsp3) is 0.692. The van der Waals surface area contributed by atoms with Crippen LogP contribution in [0.4, 0.5) is 0 Å². The quantitative estimate of drug-likeness (QED) is 0.754. The fourth-order valence-electron chi connectivity index (χ4n) is 2.64. The zero-order chi connectivity index (χ0) is 16.3. The molecule has 1 fully saturated rings. The SMILES string of the molecule is CNC(=O)[C@@H]1CN(Cc2ccn(C)n2)CCN(S(C)(=O)=O)C1. The first-order chi connectivity index (χ1) is 10.3. The van der Waals surface area contributed by atoms with Gasteiger partial charge in [0.1, 0.15) is 0 Å². The number of nitrogens with zero attached hydrogens (tertiary/aromatic N) is 4. The van der Waals surface area contributed by atoms with Crippen LogP contribution >= 0.6 is 0 Å². The zero-order valence-corrected chi connectivity index (χ0v) is 14.0. The minimum atomic E-state index is -3.31. The maximum Gasteiger partial charge on any atom is 0.225 e. The average Bonchev–Trinajstić information content (AvgIpc) is 2.72. The van der Waals surface area contributed by atoms with Gasteiger partial charge in [0.05, 0.1) is 17.9 Å². The van der Waals surface area contributed by atoms with Gasteiger partial charge in [-0.2, -0.15) is 5.10 Å². The van der Waals surface area contributed by atoms with Gasteiger partial charge in [-0.15, -0.1) is 0 Å². The smallest absolute Gasteiger partial charge is 0.225 e. The van der Waals surface area contributed by atoms with Gasteiger partial charge in [-0.05, 0) is 6.07 Å². The lowest BCUT2D eigenvalue weighted by Gasteiger charge is -2.22. The molecule has 1 aliphatic heterocycles. The molecule has 1 aromatic rings. The average molecular weight is 329 g/mol. The number of carbonyl (C=O) groups is 1. The number of aryl methyl sites for hydroxylation is 1. The highest BCUT2D eigenvalue weighted by Gasteiger charge is 2.31. The predicted molar refractivity (Wildman–Crippen MR) is 82.5 cm³/mol. The molecular weight excluding hydrogens is 306 g/mol. The molecule has 0 aromatic carbocycles. The minimum absolute atomic E-state index is 0.137. The minimum Gasteiger partial charge on any atom is -0.359 e. The molecule has 0 spiro atoms. The Kier molecular flexibility index (Phi) is 5.20. The fourth-order valence-corrected chi connectivity index (χ4v) is 3.51. The summed E-state index contributed by atoms with van der Waals surface area (Å²) in [6, 6.07) is 1.92. The van der Waals surface area contributed by atoms with E-state index in [-0.39, 0.29) is 18.4 Å². The molecular formula is C13H23N5O3S. The lowest BCUT2D eigenvalue weighted by molar-refractivity contribution is -0.125. The lowest BCUT2D eigenvalue weighted by atomic mass is 10.1. The van der Waals surface area contributed by atoms with Gasteiger partial charge >= 0.3 is 0 Å². The number of hydrogen-bond donors (Lipinski definition) is 1. The first kappa shape index (κ1) is 16.9. The van der Waals surface area contributed by atoms with E-state index in [1.165, 1.54) is 10.6 Å². The van der Waals surface area contributed by atoms with Crippen LogP contribution < -0.4 is 5.32 Å². The summed E-state index contributed by atoms with van der Waals surface area (Å²) in [5, 5.41) is 6.95. The molecule has 2 rings (SSSR count). The van der Waals surface area contributed by atoms with Gasteiger partial charge < -0.3 is 5.32 Å². The summed E-state index contributed by atoms with van der Waals surface area (Å²) in [4.78, 5) is 14.1. The molecule has 0 aliphatic carbocycles. The van der Waals surface area contributed by atoms with Crippen molar-refractivity contribution in [2.24, 2.45) is 13.0 Å². The van der Waals surface area contributed by atoms with Crippen molar-refractivity contribution in [1.29, 1.82) is 0 Å². The van der Waals surface area contributed by atoms with Gasteiger partial charge in [0, 0.05) is 53.0 Å². The Morgan fingerprint density at radius 1 is 1.41 bits per heavy atom. The number of aromatic nitrogens is 2. The Labute approximate surface area is 131 Å². The third-order valence-electron chi connectivity index (χ3n) is 3.81. The van der Waals surface area contributed by atoms with Crippen molar-refractivity contribution in [2.75, 3.05) is 39.5 Å². The molecule has 0 bridgehead atoms. The summed E-state index contributed by atoms with van der Waals surface area (Å²) in [6.07, 6.45) is 3.05. The van der Waals surface area contributed by atoms with E-state index >= 15 is 0 Å². The summed E-state index contributed by atoms with van der Waals surface area (Å²) in [6.45, 7) is 2.31. The molecule has 0 unspecified atom stereocenters. The van der Waals surface area contributed by atoms with Gasteiger partial charge in [0.25, 0.3) is 0 Å². The molecule has 1 saturated heterocycles. The van der Waals surface area contributed by atoms with Crippen molar-refractivity contribution in [3.05, 3.63) is 18.0 Å². The van der Waals surface area contributed by atoms with Crippen LogP contribution in [0.25, 0.3) is 0 Å². The predicted octanol–water partition coefficient (Wildman–Crippen LogP) is -1.14. The van der Waals surface area contributed by atoms with Gasteiger partial charge in [0.2, 0.25) is 15.9 Å². The maximum absolute atomic E-state index is 12.0. The van der Waals surface area contributed by atoms with Gasteiger partial charge in [-0.3, -0.25) is 14.4 Å². The molecule has 2 heterocycles. The Balaban J connectivity index is 2.14. The zero-order valence-electron chi connectivity index (χ0n) is 13.2. The van der Waals surface area contributed by atoms with E-state index in [2.05, 4.69) is 15.3 Å². The van der Waals surface area contributed by atoms with Crippen LogP contribution in [0.5, 0.6) is 0 Å².